The van der Waals surface area contributed by atoms with E-state index in [2.05, 4.69) is 0 Å². The van der Waals surface area contributed by atoms with Crippen LogP contribution in [0.1, 0.15) is 0 Å². The summed E-state index contributed by atoms with van der Waals surface area (Å²) in [6.45, 7) is 0. The summed E-state index contributed by atoms with van der Waals surface area (Å²) < 4.78 is 67.3. The second-order valence-electron chi connectivity index (χ2n) is 0.875. The molecule has 0 atom stereocenters. The minimum Gasteiger partial charge on any atom is 2.00 e. The molecule has 8 nitrogen and oxygen atoms in total. The molecule has 0 aromatic rings. The second kappa shape index (κ2) is 8.73. The van der Waals surface area contributed by atoms with Crippen LogP contribution in [0.3, 0.4) is 0 Å². The minimum absolute atomic E-state index is 0. The topological polar surface area (TPSA) is 164 Å². The fourth-order valence-electron chi connectivity index (χ4n) is 0. The molecule has 79 valence electrons. The van der Waals surface area contributed by atoms with Gasteiger partial charge in [0.25, 0.3) is 0 Å². The summed E-state index contributed by atoms with van der Waals surface area (Å²) in [5.41, 5.74) is 0. The van der Waals surface area contributed by atoms with Gasteiger partial charge in [0.2, 0.25) is 10.4 Å². The molecule has 0 spiro atoms. The second-order valence-corrected chi connectivity index (χ2v) is 3.61. The van der Waals surface area contributed by atoms with Crippen LogP contribution in [0.2, 0.25) is 0 Å². The zero-order valence-corrected chi connectivity index (χ0v) is 9.55. The Bertz CT molecular complexity index is 197. The van der Waals surface area contributed by atoms with Crippen molar-refractivity contribution in [2.75, 3.05) is 0 Å². The molecule has 0 aliphatic heterocycles. The van der Waals surface area contributed by atoms with Gasteiger partial charge in [-0.2, -0.15) is 0 Å². The van der Waals surface area contributed by atoms with Crippen LogP contribution in [-0.2, 0) is 48.3 Å². The van der Waals surface area contributed by atoms with E-state index in [-0.39, 0.29) is 34.1 Å². The Morgan fingerprint density at radius 1 is 1.17 bits per heavy atom. The summed E-state index contributed by atoms with van der Waals surface area (Å²) in [6, 6.07) is 0. The molecular formula is HAsCuFeO8S. The molecule has 0 bridgehead atoms. The van der Waals surface area contributed by atoms with Crippen molar-refractivity contribution in [1.82, 2.24) is 0 Å². The van der Waals surface area contributed by atoms with E-state index in [0.717, 1.165) is 0 Å². The van der Waals surface area contributed by atoms with Crippen molar-refractivity contribution < 1.29 is 67.7 Å². The summed E-state index contributed by atoms with van der Waals surface area (Å²) in [5, 5.41) is 0. The van der Waals surface area contributed by atoms with Gasteiger partial charge in [-0.15, -0.1) is 0 Å². The van der Waals surface area contributed by atoms with Gasteiger partial charge in [0, 0.05) is 0 Å². The van der Waals surface area contributed by atoms with Crippen molar-refractivity contribution in [3.63, 3.8) is 0 Å². The molecule has 0 saturated carbocycles. The van der Waals surface area contributed by atoms with E-state index in [4.69, 9.17) is 33.5 Å². The van der Waals surface area contributed by atoms with Crippen LogP contribution in [0.5, 0.6) is 0 Å². The maximum Gasteiger partial charge on any atom is 2.00 e. The molecule has 0 aromatic heterocycles. The third kappa shape index (κ3) is 872. The van der Waals surface area contributed by atoms with Gasteiger partial charge in [0.1, 0.15) is 0 Å². The van der Waals surface area contributed by atoms with Crippen LogP contribution in [0, 0.1) is 0 Å². The Hall–Kier alpha value is 1.15. The average molecular weight is 355 g/mol. The third-order valence-corrected chi connectivity index (χ3v) is 0. The Morgan fingerprint density at radius 3 is 1.17 bits per heavy atom. The monoisotopic (exact) mass is 355 g/mol. The SMILES string of the molecule is O=S(=O)([O-])O.O=[As]([O-])([O-])[O-].[Cu+2].[Fe+2]. The molecule has 0 unspecified atom stereocenters. The largest absolute Gasteiger partial charge is 2.00 e. The van der Waals surface area contributed by atoms with Gasteiger partial charge in [-0.25, -0.2) is 8.42 Å². The molecule has 0 fully saturated rings. The molecule has 0 aliphatic rings. The van der Waals surface area contributed by atoms with Crippen molar-refractivity contribution in [3.05, 3.63) is 0 Å². The summed E-state index contributed by atoms with van der Waals surface area (Å²) in [5.74, 6) is 0. The van der Waals surface area contributed by atoms with E-state index in [9.17, 15) is 0 Å². The number of rotatable bonds is 0. The maximum atomic E-state index is 8.63. The Labute approximate surface area is 92.2 Å². The van der Waals surface area contributed by atoms with Crippen LogP contribution in [0.15, 0.2) is 0 Å². The van der Waals surface area contributed by atoms with E-state index in [1.54, 1.807) is 0 Å². The molecule has 12 heavy (non-hydrogen) atoms. The molecule has 1 radical (unpaired) electrons. The summed E-state index contributed by atoms with van der Waals surface area (Å²) in [6.07, 6.45) is 0. The third-order valence-electron chi connectivity index (χ3n) is 0. The zero-order chi connectivity index (χ0) is 9.00. The van der Waals surface area contributed by atoms with E-state index in [1.807, 2.05) is 0 Å². The van der Waals surface area contributed by atoms with Gasteiger partial charge in [0.15, 0.2) is 0 Å². The quantitative estimate of drug-likeness (QED) is 0.256. The zero-order valence-electron chi connectivity index (χ0n) is 4.82. The predicted molar refractivity (Wildman–Crippen MR) is 18.8 cm³/mol. The van der Waals surface area contributed by atoms with Crippen molar-refractivity contribution in [2.24, 2.45) is 0 Å². The van der Waals surface area contributed by atoms with Crippen molar-refractivity contribution in [1.29, 1.82) is 0 Å². The Morgan fingerprint density at radius 2 is 1.17 bits per heavy atom. The molecule has 12 heteroatoms. The molecule has 1 N–H and O–H groups in total. The van der Waals surface area contributed by atoms with E-state index in [0.29, 0.717) is 0 Å². The molecule has 0 heterocycles. The van der Waals surface area contributed by atoms with Crippen LogP contribution < -0.4 is 12.3 Å². The van der Waals surface area contributed by atoms with Gasteiger partial charge in [-0.1, -0.05) is 0 Å². The van der Waals surface area contributed by atoms with Gasteiger partial charge >= 0.3 is 64.7 Å². The van der Waals surface area contributed by atoms with E-state index < -0.39 is 24.9 Å². The van der Waals surface area contributed by atoms with Crippen molar-refractivity contribution >= 4 is 24.9 Å². The average Bonchev–Trinajstić information content (AvgIpc) is 1.12. The first-order valence-electron chi connectivity index (χ1n) is 1.41. The molecule has 0 saturated heterocycles. The maximum absolute atomic E-state index is 8.63. The fraction of sp³-hybridized carbons (Fsp3) is 0. The Kier molecular flexibility index (Phi) is 16.9. The number of hydrogen-bond acceptors (Lipinski definition) is 7. The van der Waals surface area contributed by atoms with Gasteiger partial charge in [0.05, 0.1) is 0 Å². The molecule has 0 aromatic carbocycles. The minimum atomic E-state index is -5.88. The first kappa shape index (κ1) is 23.2. The summed E-state index contributed by atoms with van der Waals surface area (Å²) in [4.78, 5) is 0. The Balaban J connectivity index is -0.0000000457. The van der Waals surface area contributed by atoms with Gasteiger partial charge < -0.3 is 4.55 Å². The fourth-order valence-corrected chi connectivity index (χ4v) is 0. The van der Waals surface area contributed by atoms with Crippen LogP contribution >= 0.6 is 0 Å². The normalized spacial score (nSPS) is 9.75. The van der Waals surface area contributed by atoms with Crippen molar-refractivity contribution in [2.45, 2.75) is 0 Å². The van der Waals surface area contributed by atoms with Crippen LogP contribution in [-0.4, -0.2) is 32.0 Å². The van der Waals surface area contributed by atoms with Gasteiger partial charge in [-0.05, 0) is 0 Å². The van der Waals surface area contributed by atoms with Crippen LogP contribution in [0.4, 0.5) is 0 Å². The molecule has 0 amide bonds. The first-order valence-corrected chi connectivity index (χ1v) is 5.84. The predicted octanol–water partition coefficient (Wildman–Crippen LogP) is -5.07. The standard InChI is InChI=1S/AsH3O4.Cu.Fe.H2O4S/c2-1(3,4)5;;;1-5(2,3)4/h(H3,2,3,4,5);;;(H2,1,2,3,4)/q;2*+2;/p-4. The molecular weight excluding hydrogens is 354 g/mol. The van der Waals surface area contributed by atoms with Crippen molar-refractivity contribution in [3.8, 4) is 0 Å². The smallest absolute Gasteiger partial charge is 2.00 e. The van der Waals surface area contributed by atoms with E-state index in [1.165, 1.54) is 0 Å². The van der Waals surface area contributed by atoms with Gasteiger partial charge in [-0.3, -0.25) is 4.55 Å². The van der Waals surface area contributed by atoms with Crippen LogP contribution in [0.25, 0.3) is 0 Å². The molecule has 0 aliphatic carbocycles. The molecule has 0 rings (SSSR count). The summed E-state index contributed by atoms with van der Waals surface area (Å²) >= 11 is -5.88. The first-order chi connectivity index (χ1) is 4.00. The summed E-state index contributed by atoms with van der Waals surface area (Å²) in [7, 11) is -4.92. The van der Waals surface area contributed by atoms with E-state index >= 15 is 0 Å². The number of hydrogen-bond donors (Lipinski definition) is 1.